The highest BCUT2D eigenvalue weighted by Gasteiger charge is 2.13. The van der Waals surface area contributed by atoms with Crippen molar-refractivity contribution in [1.29, 1.82) is 0 Å². The molecule has 0 aliphatic carbocycles. The lowest BCUT2D eigenvalue weighted by molar-refractivity contribution is -0.144. The first-order chi connectivity index (χ1) is 7.04. The van der Waals surface area contributed by atoms with Gasteiger partial charge in [0.2, 0.25) is 0 Å². The van der Waals surface area contributed by atoms with E-state index in [0.717, 1.165) is 6.07 Å². The molecule has 0 aliphatic heterocycles. The quantitative estimate of drug-likeness (QED) is 0.828. The van der Waals surface area contributed by atoms with Crippen LogP contribution in [0.3, 0.4) is 0 Å². The number of halogens is 1. The lowest BCUT2D eigenvalue weighted by Crippen LogP contribution is -2.22. The molecule has 0 aliphatic rings. The van der Waals surface area contributed by atoms with Crippen LogP contribution in [0.15, 0.2) is 18.2 Å². The third-order valence-electron chi connectivity index (χ3n) is 1.78. The molecule has 0 saturated carbocycles. The van der Waals surface area contributed by atoms with E-state index in [-0.39, 0.29) is 11.5 Å². The van der Waals surface area contributed by atoms with E-state index >= 15 is 0 Å². The topological polar surface area (TPSA) is 55.8 Å². The van der Waals surface area contributed by atoms with E-state index in [4.69, 9.17) is 14.6 Å². The summed E-state index contributed by atoms with van der Waals surface area (Å²) in [5.41, 5.74) is 0. The molecule has 1 atom stereocenters. The molecule has 0 radical (unpaired) electrons. The van der Waals surface area contributed by atoms with E-state index < -0.39 is 17.9 Å². The van der Waals surface area contributed by atoms with Crippen molar-refractivity contribution < 1.29 is 23.8 Å². The molecule has 1 unspecified atom stereocenters. The summed E-state index contributed by atoms with van der Waals surface area (Å²) in [4.78, 5) is 10.5. The van der Waals surface area contributed by atoms with Gasteiger partial charge in [-0.25, -0.2) is 9.18 Å². The van der Waals surface area contributed by atoms with E-state index in [1.165, 1.54) is 26.2 Å². The van der Waals surface area contributed by atoms with E-state index in [9.17, 15) is 9.18 Å². The molecule has 1 N–H and O–H groups in total. The third kappa shape index (κ3) is 2.83. The van der Waals surface area contributed by atoms with Crippen molar-refractivity contribution in [3.63, 3.8) is 0 Å². The summed E-state index contributed by atoms with van der Waals surface area (Å²) in [6.45, 7) is 1.39. The first-order valence-electron chi connectivity index (χ1n) is 4.27. The zero-order chi connectivity index (χ0) is 11.4. The van der Waals surface area contributed by atoms with E-state index in [0.29, 0.717) is 0 Å². The molecule has 0 amide bonds. The van der Waals surface area contributed by atoms with Crippen LogP contribution in [0.4, 0.5) is 4.39 Å². The van der Waals surface area contributed by atoms with Crippen molar-refractivity contribution in [2.45, 2.75) is 13.0 Å². The Kier molecular flexibility index (Phi) is 3.49. The van der Waals surface area contributed by atoms with Gasteiger partial charge in [-0.1, -0.05) is 0 Å². The predicted octanol–water partition coefficient (Wildman–Crippen LogP) is 1.69. The Morgan fingerprint density at radius 1 is 1.53 bits per heavy atom. The summed E-state index contributed by atoms with van der Waals surface area (Å²) in [7, 11) is 1.32. The third-order valence-corrected chi connectivity index (χ3v) is 1.78. The summed E-state index contributed by atoms with van der Waals surface area (Å²) >= 11 is 0. The Morgan fingerprint density at radius 2 is 2.20 bits per heavy atom. The fourth-order valence-electron chi connectivity index (χ4n) is 0.968. The van der Waals surface area contributed by atoms with Gasteiger partial charge in [0.05, 0.1) is 7.11 Å². The summed E-state index contributed by atoms with van der Waals surface area (Å²) in [6, 6.07) is 3.80. The number of benzene rings is 1. The molecule has 1 aromatic carbocycles. The smallest absolute Gasteiger partial charge is 0.344 e. The van der Waals surface area contributed by atoms with Crippen molar-refractivity contribution in [3.8, 4) is 11.5 Å². The molecule has 82 valence electrons. The fraction of sp³-hybridized carbons (Fsp3) is 0.300. The van der Waals surface area contributed by atoms with Crippen LogP contribution >= 0.6 is 0 Å². The maximum absolute atomic E-state index is 13.0. The molecule has 1 aromatic rings. The molecule has 0 spiro atoms. The minimum Gasteiger partial charge on any atom is -0.494 e. The van der Waals surface area contributed by atoms with Crippen LogP contribution in [0.25, 0.3) is 0 Å². The van der Waals surface area contributed by atoms with Crippen LogP contribution in [0.1, 0.15) is 6.92 Å². The number of aliphatic carboxylic acids is 1. The largest absolute Gasteiger partial charge is 0.494 e. The molecule has 0 fully saturated rings. The van der Waals surface area contributed by atoms with Gasteiger partial charge >= 0.3 is 5.97 Å². The predicted molar refractivity (Wildman–Crippen MR) is 50.7 cm³/mol. The van der Waals surface area contributed by atoms with Crippen LogP contribution in [-0.4, -0.2) is 24.3 Å². The standard InChI is InChI=1S/C10H11FO4/c1-6(10(12)13)15-7-3-4-8(11)9(5-7)14-2/h3-6H,1-2H3,(H,12,13). The van der Waals surface area contributed by atoms with Crippen LogP contribution < -0.4 is 9.47 Å². The maximum Gasteiger partial charge on any atom is 0.344 e. The number of carbonyl (C=O) groups is 1. The second kappa shape index (κ2) is 4.63. The Bertz CT molecular complexity index is 364. The number of hydrogen-bond acceptors (Lipinski definition) is 3. The molecule has 4 nitrogen and oxygen atoms in total. The molecule has 0 bridgehead atoms. The van der Waals surface area contributed by atoms with Crippen LogP contribution in [-0.2, 0) is 4.79 Å². The molecule has 0 aromatic heterocycles. The highest BCUT2D eigenvalue weighted by Crippen LogP contribution is 2.23. The van der Waals surface area contributed by atoms with Gasteiger partial charge in [0.15, 0.2) is 17.7 Å². The summed E-state index contributed by atoms with van der Waals surface area (Å²) < 4.78 is 22.7. The van der Waals surface area contributed by atoms with Gasteiger partial charge in [0.25, 0.3) is 0 Å². The van der Waals surface area contributed by atoms with Gasteiger partial charge in [-0.2, -0.15) is 0 Å². The van der Waals surface area contributed by atoms with Gasteiger partial charge in [0.1, 0.15) is 5.75 Å². The SMILES string of the molecule is COc1cc(OC(C)C(=O)O)ccc1F. The number of carboxylic acids is 1. The summed E-state index contributed by atoms with van der Waals surface area (Å²) in [6.07, 6.45) is -0.986. The first kappa shape index (κ1) is 11.3. The average Bonchev–Trinajstić information content (AvgIpc) is 2.20. The number of ether oxygens (including phenoxy) is 2. The second-order valence-corrected chi connectivity index (χ2v) is 2.89. The zero-order valence-electron chi connectivity index (χ0n) is 8.36. The number of rotatable bonds is 4. The van der Waals surface area contributed by atoms with Gasteiger partial charge < -0.3 is 14.6 Å². The first-order valence-corrected chi connectivity index (χ1v) is 4.27. The second-order valence-electron chi connectivity index (χ2n) is 2.89. The lowest BCUT2D eigenvalue weighted by Gasteiger charge is -2.11. The number of hydrogen-bond donors (Lipinski definition) is 1. The van der Waals surface area contributed by atoms with Gasteiger partial charge in [-0.15, -0.1) is 0 Å². The molecule has 5 heteroatoms. The molecule has 0 heterocycles. The Hall–Kier alpha value is -1.78. The minimum atomic E-state index is -1.08. The van der Waals surface area contributed by atoms with E-state index in [2.05, 4.69) is 0 Å². The van der Waals surface area contributed by atoms with Crippen molar-refractivity contribution >= 4 is 5.97 Å². The van der Waals surface area contributed by atoms with Crippen LogP contribution in [0.5, 0.6) is 11.5 Å². The molecule has 15 heavy (non-hydrogen) atoms. The normalized spacial score (nSPS) is 11.9. The monoisotopic (exact) mass is 214 g/mol. The van der Waals surface area contributed by atoms with E-state index in [1.807, 2.05) is 0 Å². The number of methoxy groups -OCH3 is 1. The van der Waals surface area contributed by atoms with Gasteiger partial charge in [-0.3, -0.25) is 0 Å². The van der Waals surface area contributed by atoms with Crippen molar-refractivity contribution in [2.24, 2.45) is 0 Å². The van der Waals surface area contributed by atoms with Gasteiger partial charge in [0, 0.05) is 6.07 Å². The molecular weight excluding hydrogens is 203 g/mol. The lowest BCUT2D eigenvalue weighted by atomic mass is 10.3. The maximum atomic E-state index is 13.0. The fourth-order valence-corrected chi connectivity index (χ4v) is 0.968. The Balaban J connectivity index is 2.83. The average molecular weight is 214 g/mol. The highest BCUT2D eigenvalue weighted by molar-refractivity contribution is 5.72. The van der Waals surface area contributed by atoms with Crippen LogP contribution in [0.2, 0.25) is 0 Å². The van der Waals surface area contributed by atoms with E-state index in [1.54, 1.807) is 0 Å². The summed E-state index contributed by atoms with van der Waals surface area (Å²) in [5, 5.41) is 8.59. The minimum absolute atomic E-state index is 0.0186. The Morgan fingerprint density at radius 3 is 2.73 bits per heavy atom. The summed E-state index contributed by atoms with van der Waals surface area (Å²) in [5.74, 6) is -1.33. The molecule has 0 saturated heterocycles. The van der Waals surface area contributed by atoms with Crippen molar-refractivity contribution in [1.82, 2.24) is 0 Å². The zero-order valence-corrected chi connectivity index (χ0v) is 8.36. The number of carboxylic acid groups (broad SMARTS) is 1. The highest BCUT2D eigenvalue weighted by atomic mass is 19.1. The van der Waals surface area contributed by atoms with Crippen LogP contribution in [0, 0.1) is 5.82 Å². The van der Waals surface area contributed by atoms with Crippen molar-refractivity contribution in [2.75, 3.05) is 7.11 Å². The molecule has 1 rings (SSSR count). The van der Waals surface area contributed by atoms with Crippen molar-refractivity contribution in [3.05, 3.63) is 24.0 Å². The van der Waals surface area contributed by atoms with Gasteiger partial charge in [-0.05, 0) is 19.1 Å². The Labute approximate surface area is 86.2 Å². The molecular formula is C10H11FO4.